The number of halogens is 1. The van der Waals surface area contributed by atoms with Crippen molar-refractivity contribution in [2.45, 2.75) is 25.3 Å². The molecule has 0 saturated heterocycles. The van der Waals surface area contributed by atoms with Crippen LogP contribution in [0.15, 0.2) is 100 Å². The zero-order valence-corrected chi connectivity index (χ0v) is 22.4. The van der Waals surface area contributed by atoms with E-state index in [0.717, 1.165) is 63.5 Å². The maximum Gasteiger partial charge on any atom is 0.174 e. The van der Waals surface area contributed by atoms with Crippen molar-refractivity contribution in [3.05, 3.63) is 117 Å². The SMILES string of the molecule is COc1cccc(C=C2CCCC3=C2N=C2SC=C(c4ccc(Cl)cc4)N2C3c2cccc(OC)c2)c1. The third-order valence-electron chi connectivity index (χ3n) is 7.02. The number of nitrogens with zero attached hydrogens (tertiary/aromatic N) is 2. The van der Waals surface area contributed by atoms with Crippen LogP contribution in [-0.4, -0.2) is 24.3 Å². The van der Waals surface area contributed by atoms with Crippen molar-refractivity contribution in [1.29, 1.82) is 0 Å². The number of hydrogen-bond acceptors (Lipinski definition) is 5. The van der Waals surface area contributed by atoms with Gasteiger partial charge in [0.1, 0.15) is 11.5 Å². The van der Waals surface area contributed by atoms with Crippen molar-refractivity contribution in [3.8, 4) is 11.5 Å². The van der Waals surface area contributed by atoms with E-state index in [2.05, 4.69) is 58.8 Å². The first-order chi connectivity index (χ1) is 18.1. The van der Waals surface area contributed by atoms with Crippen molar-refractivity contribution >= 4 is 40.3 Å². The van der Waals surface area contributed by atoms with Gasteiger partial charge in [-0.25, -0.2) is 4.99 Å². The van der Waals surface area contributed by atoms with Gasteiger partial charge in [0, 0.05) is 10.4 Å². The fourth-order valence-corrected chi connectivity index (χ4v) is 6.35. The molecule has 0 N–H and O–H groups in total. The number of methoxy groups -OCH3 is 2. The lowest BCUT2D eigenvalue weighted by molar-refractivity contribution is 0.410. The highest BCUT2D eigenvalue weighted by Gasteiger charge is 2.40. The van der Waals surface area contributed by atoms with E-state index in [0.29, 0.717) is 0 Å². The van der Waals surface area contributed by atoms with Gasteiger partial charge >= 0.3 is 0 Å². The van der Waals surface area contributed by atoms with Crippen LogP contribution in [-0.2, 0) is 0 Å². The van der Waals surface area contributed by atoms with E-state index in [9.17, 15) is 0 Å². The molecule has 3 aliphatic rings. The van der Waals surface area contributed by atoms with Crippen LogP contribution >= 0.6 is 23.4 Å². The third kappa shape index (κ3) is 4.58. The Hall–Kier alpha value is -3.41. The van der Waals surface area contributed by atoms with Crippen LogP contribution < -0.4 is 9.47 Å². The van der Waals surface area contributed by atoms with Gasteiger partial charge in [0.2, 0.25) is 0 Å². The monoisotopic (exact) mass is 526 g/mol. The number of benzene rings is 3. The summed E-state index contributed by atoms with van der Waals surface area (Å²) in [6.45, 7) is 0. The Kier molecular flexibility index (Phi) is 6.58. The minimum absolute atomic E-state index is 0.0311. The molecule has 3 aromatic rings. The summed E-state index contributed by atoms with van der Waals surface area (Å²) in [5.74, 6) is 1.72. The predicted molar refractivity (Wildman–Crippen MR) is 154 cm³/mol. The second kappa shape index (κ2) is 10.2. The lowest BCUT2D eigenvalue weighted by Gasteiger charge is -2.40. The maximum absolute atomic E-state index is 6.21. The molecule has 0 fully saturated rings. The molecule has 37 heavy (non-hydrogen) atoms. The van der Waals surface area contributed by atoms with Gasteiger partial charge in [-0.05, 0) is 89.6 Å². The van der Waals surface area contributed by atoms with Crippen LogP contribution in [0.2, 0.25) is 5.02 Å². The number of fused-ring (bicyclic) bond motifs is 1. The standard InChI is InChI=1S/C31H27ClN2O2S/c1-35-25-9-3-6-20(17-25)16-22-7-5-11-27-29(22)33-31-34(30(27)23-8-4-10-26(18-23)36-2)28(19-37-31)21-12-14-24(32)15-13-21/h3-4,6,8-10,12-19,30H,5,7,11H2,1-2H3. The molecule has 186 valence electrons. The second-order valence-corrected chi connectivity index (χ2v) is 10.5. The van der Waals surface area contributed by atoms with E-state index in [1.807, 2.05) is 30.3 Å². The van der Waals surface area contributed by atoms with E-state index >= 15 is 0 Å². The van der Waals surface area contributed by atoms with E-state index in [-0.39, 0.29) is 6.04 Å². The third-order valence-corrected chi connectivity index (χ3v) is 8.11. The van der Waals surface area contributed by atoms with Crippen molar-refractivity contribution in [2.24, 2.45) is 4.99 Å². The summed E-state index contributed by atoms with van der Waals surface area (Å²) in [5, 5.41) is 3.94. The molecule has 2 aliphatic heterocycles. The molecule has 0 amide bonds. The first-order valence-electron chi connectivity index (χ1n) is 12.4. The van der Waals surface area contributed by atoms with Gasteiger partial charge in [-0.1, -0.05) is 59.8 Å². The highest BCUT2D eigenvalue weighted by molar-refractivity contribution is 8.16. The zero-order chi connectivity index (χ0) is 25.4. The molecule has 1 atom stereocenters. The van der Waals surface area contributed by atoms with Crippen LogP contribution in [0.1, 0.15) is 42.0 Å². The predicted octanol–water partition coefficient (Wildman–Crippen LogP) is 8.34. The van der Waals surface area contributed by atoms with Crippen molar-refractivity contribution in [3.63, 3.8) is 0 Å². The molecule has 0 spiro atoms. The van der Waals surface area contributed by atoms with E-state index in [1.165, 1.54) is 16.7 Å². The molecule has 3 aromatic carbocycles. The maximum atomic E-state index is 6.21. The number of aliphatic imine (C=N–C) groups is 1. The van der Waals surface area contributed by atoms with Gasteiger partial charge in [-0.15, -0.1) is 0 Å². The Balaban J connectivity index is 1.49. The quantitative estimate of drug-likeness (QED) is 0.334. The van der Waals surface area contributed by atoms with Crippen molar-refractivity contribution in [2.75, 3.05) is 14.2 Å². The molecule has 0 aromatic heterocycles. The smallest absolute Gasteiger partial charge is 0.174 e. The molecule has 6 heteroatoms. The summed E-state index contributed by atoms with van der Waals surface area (Å²) < 4.78 is 11.1. The van der Waals surface area contributed by atoms with Crippen LogP contribution in [0.25, 0.3) is 11.8 Å². The number of thioether (sulfide) groups is 1. The molecular formula is C31H27ClN2O2S. The average molecular weight is 527 g/mol. The zero-order valence-electron chi connectivity index (χ0n) is 20.8. The Morgan fingerprint density at radius 3 is 2.49 bits per heavy atom. The van der Waals surface area contributed by atoms with Gasteiger partial charge in [0.15, 0.2) is 5.17 Å². The normalized spacial score (nSPS) is 19.8. The highest BCUT2D eigenvalue weighted by atomic mass is 35.5. The molecule has 1 aliphatic carbocycles. The van der Waals surface area contributed by atoms with Gasteiger partial charge in [0.05, 0.1) is 31.7 Å². The molecule has 2 heterocycles. The molecule has 0 radical (unpaired) electrons. The first kappa shape index (κ1) is 24.0. The van der Waals surface area contributed by atoms with Crippen LogP contribution in [0, 0.1) is 0 Å². The highest BCUT2D eigenvalue weighted by Crippen LogP contribution is 2.51. The number of hydrogen-bond donors (Lipinski definition) is 0. The Labute approximate surface area is 227 Å². The van der Waals surface area contributed by atoms with Gasteiger partial charge in [0.25, 0.3) is 0 Å². The Bertz CT molecular complexity index is 1470. The molecule has 6 rings (SSSR count). The largest absolute Gasteiger partial charge is 0.497 e. The number of ether oxygens (including phenoxy) is 2. The molecular weight excluding hydrogens is 500 g/mol. The van der Waals surface area contributed by atoms with E-state index in [4.69, 9.17) is 26.1 Å². The van der Waals surface area contributed by atoms with Gasteiger partial charge < -0.3 is 14.4 Å². The van der Waals surface area contributed by atoms with Crippen molar-refractivity contribution < 1.29 is 9.47 Å². The summed E-state index contributed by atoms with van der Waals surface area (Å²) in [7, 11) is 3.43. The minimum Gasteiger partial charge on any atom is -0.497 e. The average Bonchev–Trinajstić information content (AvgIpc) is 3.36. The molecule has 1 unspecified atom stereocenters. The van der Waals surface area contributed by atoms with Gasteiger partial charge in [-0.2, -0.15) is 0 Å². The second-order valence-electron chi connectivity index (χ2n) is 9.24. The number of rotatable bonds is 5. The number of amidine groups is 1. The summed E-state index contributed by atoms with van der Waals surface area (Å²) in [6, 6.07) is 24.7. The first-order valence-corrected chi connectivity index (χ1v) is 13.6. The summed E-state index contributed by atoms with van der Waals surface area (Å²) in [6.07, 6.45) is 5.35. The Morgan fingerprint density at radius 2 is 1.70 bits per heavy atom. The molecule has 0 saturated carbocycles. The van der Waals surface area contributed by atoms with E-state index in [1.54, 1.807) is 26.0 Å². The van der Waals surface area contributed by atoms with E-state index < -0.39 is 0 Å². The Morgan fingerprint density at radius 1 is 0.946 bits per heavy atom. The van der Waals surface area contributed by atoms with Crippen molar-refractivity contribution in [1.82, 2.24) is 4.90 Å². The lowest BCUT2D eigenvalue weighted by atomic mass is 9.82. The molecule has 4 nitrogen and oxygen atoms in total. The fourth-order valence-electron chi connectivity index (χ4n) is 5.29. The summed E-state index contributed by atoms with van der Waals surface area (Å²) in [4.78, 5) is 7.66. The summed E-state index contributed by atoms with van der Waals surface area (Å²) >= 11 is 7.89. The van der Waals surface area contributed by atoms with Crippen LogP contribution in [0.5, 0.6) is 11.5 Å². The summed E-state index contributed by atoms with van der Waals surface area (Å²) in [5.41, 5.74) is 8.33. The topological polar surface area (TPSA) is 34.1 Å². The van der Waals surface area contributed by atoms with Crippen LogP contribution in [0.4, 0.5) is 0 Å². The van der Waals surface area contributed by atoms with Gasteiger partial charge in [-0.3, -0.25) is 0 Å². The fraction of sp³-hybridized carbons (Fsp3) is 0.194. The van der Waals surface area contributed by atoms with Crippen LogP contribution in [0.3, 0.4) is 0 Å². The minimum atomic E-state index is 0.0311. The molecule has 0 bridgehead atoms. The number of allylic oxidation sites excluding steroid dienone is 1. The lowest BCUT2D eigenvalue weighted by Crippen LogP contribution is -2.34.